The van der Waals surface area contributed by atoms with Crippen molar-refractivity contribution in [1.29, 1.82) is 0 Å². The Balaban J connectivity index is 2.56. The Morgan fingerprint density at radius 1 is 1.73 bits per heavy atom. The van der Waals surface area contributed by atoms with E-state index in [0.29, 0.717) is 6.42 Å². The summed E-state index contributed by atoms with van der Waals surface area (Å²) in [6.45, 7) is 1.97. The molecule has 3 heteroatoms. The molecule has 0 saturated carbocycles. The van der Waals surface area contributed by atoms with Crippen LogP contribution in [0.15, 0.2) is 23.0 Å². The first kappa shape index (κ1) is 8.30. The van der Waals surface area contributed by atoms with Crippen molar-refractivity contribution < 1.29 is 9.52 Å². The highest BCUT2D eigenvalue weighted by Crippen LogP contribution is 2.11. The number of hydrogen-bond acceptors (Lipinski definition) is 3. The third-order valence-electron chi connectivity index (χ3n) is 1.60. The normalized spacial score (nSPS) is 16.3. The quantitative estimate of drug-likeness (QED) is 0.669. The zero-order valence-corrected chi connectivity index (χ0v) is 6.58. The van der Waals surface area contributed by atoms with E-state index in [-0.39, 0.29) is 6.54 Å². The number of furan rings is 1. The van der Waals surface area contributed by atoms with Crippen LogP contribution in [0.1, 0.15) is 12.5 Å². The van der Waals surface area contributed by atoms with E-state index in [9.17, 15) is 5.11 Å². The van der Waals surface area contributed by atoms with Gasteiger partial charge in [0.15, 0.2) is 0 Å². The van der Waals surface area contributed by atoms with Crippen LogP contribution in [0.3, 0.4) is 0 Å². The first-order chi connectivity index (χ1) is 5.14. The van der Waals surface area contributed by atoms with Crippen LogP contribution < -0.4 is 5.73 Å². The van der Waals surface area contributed by atoms with Gasteiger partial charge in [-0.2, -0.15) is 0 Å². The molecule has 1 unspecified atom stereocenters. The Morgan fingerprint density at radius 2 is 2.45 bits per heavy atom. The molecule has 3 N–H and O–H groups in total. The van der Waals surface area contributed by atoms with Crippen LogP contribution in [0.25, 0.3) is 0 Å². The lowest BCUT2D eigenvalue weighted by atomic mass is 9.99. The summed E-state index contributed by atoms with van der Waals surface area (Å²) in [7, 11) is 0. The van der Waals surface area contributed by atoms with Crippen molar-refractivity contribution in [3.63, 3.8) is 0 Å². The van der Waals surface area contributed by atoms with Gasteiger partial charge in [0.05, 0.1) is 18.1 Å². The minimum Gasteiger partial charge on any atom is -0.472 e. The van der Waals surface area contributed by atoms with Crippen LogP contribution in [-0.4, -0.2) is 17.3 Å². The van der Waals surface area contributed by atoms with Crippen LogP contribution in [0.5, 0.6) is 0 Å². The zero-order chi connectivity index (χ0) is 8.32. The fourth-order valence-corrected chi connectivity index (χ4v) is 0.905. The molecule has 0 radical (unpaired) electrons. The molecular formula is C8H13NO2. The topological polar surface area (TPSA) is 59.4 Å². The molecule has 1 atom stereocenters. The third kappa shape index (κ3) is 2.37. The van der Waals surface area contributed by atoms with E-state index in [1.165, 1.54) is 0 Å². The molecule has 1 aromatic rings. The Hall–Kier alpha value is -0.800. The maximum absolute atomic E-state index is 9.53. The van der Waals surface area contributed by atoms with Crippen LogP contribution in [-0.2, 0) is 6.42 Å². The second-order valence-corrected chi connectivity index (χ2v) is 3.01. The molecule has 0 amide bonds. The Bertz CT molecular complexity index is 204. The minimum atomic E-state index is -0.816. The van der Waals surface area contributed by atoms with Gasteiger partial charge in [-0.15, -0.1) is 0 Å². The molecule has 0 saturated heterocycles. The molecule has 1 heterocycles. The second-order valence-electron chi connectivity index (χ2n) is 3.01. The predicted octanol–water partition coefficient (Wildman–Crippen LogP) is 0.532. The van der Waals surface area contributed by atoms with Gasteiger partial charge in [-0.3, -0.25) is 0 Å². The first-order valence-corrected chi connectivity index (χ1v) is 3.57. The van der Waals surface area contributed by atoms with E-state index >= 15 is 0 Å². The summed E-state index contributed by atoms with van der Waals surface area (Å²) in [5.41, 5.74) is 5.50. The lowest BCUT2D eigenvalue weighted by Gasteiger charge is -2.19. The van der Waals surface area contributed by atoms with Crippen LogP contribution >= 0.6 is 0 Å². The summed E-state index contributed by atoms with van der Waals surface area (Å²) in [4.78, 5) is 0. The van der Waals surface area contributed by atoms with Gasteiger partial charge in [-0.1, -0.05) is 0 Å². The Labute approximate surface area is 65.8 Å². The molecular weight excluding hydrogens is 142 g/mol. The van der Waals surface area contributed by atoms with Crippen molar-refractivity contribution in [2.45, 2.75) is 18.9 Å². The van der Waals surface area contributed by atoms with Crippen LogP contribution in [0.2, 0.25) is 0 Å². The van der Waals surface area contributed by atoms with E-state index < -0.39 is 5.60 Å². The molecule has 1 aromatic heterocycles. The van der Waals surface area contributed by atoms with Gasteiger partial charge >= 0.3 is 0 Å². The van der Waals surface area contributed by atoms with Crippen molar-refractivity contribution in [1.82, 2.24) is 0 Å². The van der Waals surface area contributed by atoms with Crippen LogP contribution in [0.4, 0.5) is 0 Å². The van der Waals surface area contributed by atoms with E-state index in [1.54, 1.807) is 19.5 Å². The molecule has 0 aliphatic heterocycles. The number of aliphatic hydroxyl groups is 1. The van der Waals surface area contributed by atoms with Crippen molar-refractivity contribution in [3.8, 4) is 0 Å². The van der Waals surface area contributed by atoms with E-state index in [1.807, 2.05) is 6.07 Å². The third-order valence-corrected chi connectivity index (χ3v) is 1.60. The summed E-state index contributed by atoms with van der Waals surface area (Å²) in [5.74, 6) is 0. The van der Waals surface area contributed by atoms with E-state index in [2.05, 4.69) is 0 Å². The SMILES string of the molecule is CC(O)(CN)Cc1ccoc1. The molecule has 62 valence electrons. The molecule has 0 aromatic carbocycles. The standard InChI is InChI=1S/C8H13NO2/c1-8(10,6-9)4-7-2-3-11-5-7/h2-3,5,10H,4,6,9H2,1H3. The van der Waals surface area contributed by atoms with Gasteiger partial charge < -0.3 is 15.3 Å². The van der Waals surface area contributed by atoms with Crippen molar-refractivity contribution >= 4 is 0 Å². The molecule has 0 spiro atoms. The average Bonchev–Trinajstić information content (AvgIpc) is 2.39. The summed E-state index contributed by atoms with van der Waals surface area (Å²) in [6.07, 6.45) is 3.74. The fourth-order valence-electron chi connectivity index (χ4n) is 0.905. The maximum Gasteiger partial charge on any atom is 0.0935 e. The van der Waals surface area contributed by atoms with Crippen LogP contribution in [0, 0.1) is 0 Å². The smallest absolute Gasteiger partial charge is 0.0935 e. The van der Waals surface area contributed by atoms with Crippen molar-refractivity contribution in [3.05, 3.63) is 24.2 Å². The highest BCUT2D eigenvalue weighted by Gasteiger charge is 2.18. The van der Waals surface area contributed by atoms with Gasteiger partial charge in [0, 0.05) is 13.0 Å². The average molecular weight is 155 g/mol. The van der Waals surface area contributed by atoms with Crippen molar-refractivity contribution in [2.24, 2.45) is 5.73 Å². The lowest BCUT2D eigenvalue weighted by molar-refractivity contribution is 0.0695. The Kier molecular flexibility index (Phi) is 2.31. The first-order valence-electron chi connectivity index (χ1n) is 3.57. The largest absolute Gasteiger partial charge is 0.472 e. The van der Waals surface area contributed by atoms with Gasteiger partial charge in [-0.05, 0) is 18.6 Å². The molecule has 0 bridgehead atoms. The second kappa shape index (κ2) is 3.07. The molecule has 11 heavy (non-hydrogen) atoms. The van der Waals surface area contributed by atoms with Gasteiger partial charge in [0.25, 0.3) is 0 Å². The summed E-state index contributed by atoms with van der Waals surface area (Å²) in [5, 5.41) is 9.53. The monoisotopic (exact) mass is 155 g/mol. The van der Waals surface area contributed by atoms with Gasteiger partial charge in [-0.25, -0.2) is 0 Å². The van der Waals surface area contributed by atoms with E-state index in [4.69, 9.17) is 10.2 Å². The number of hydrogen-bond donors (Lipinski definition) is 2. The fraction of sp³-hybridized carbons (Fsp3) is 0.500. The van der Waals surface area contributed by atoms with Gasteiger partial charge in [0.1, 0.15) is 0 Å². The molecule has 0 aliphatic rings. The molecule has 3 nitrogen and oxygen atoms in total. The summed E-state index contributed by atoms with van der Waals surface area (Å²) < 4.78 is 4.85. The van der Waals surface area contributed by atoms with Gasteiger partial charge in [0.2, 0.25) is 0 Å². The predicted molar refractivity (Wildman–Crippen MR) is 42.1 cm³/mol. The highest BCUT2D eigenvalue weighted by atomic mass is 16.3. The Morgan fingerprint density at radius 3 is 2.91 bits per heavy atom. The summed E-state index contributed by atoms with van der Waals surface area (Å²) >= 11 is 0. The van der Waals surface area contributed by atoms with Crippen molar-refractivity contribution in [2.75, 3.05) is 6.54 Å². The minimum absolute atomic E-state index is 0.262. The molecule has 0 fully saturated rings. The zero-order valence-electron chi connectivity index (χ0n) is 6.58. The van der Waals surface area contributed by atoms with E-state index in [0.717, 1.165) is 5.56 Å². The number of nitrogens with two attached hydrogens (primary N) is 1. The molecule has 1 rings (SSSR count). The lowest BCUT2D eigenvalue weighted by Crippen LogP contribution is -2.36. The molecule has 0 aliphatic carbocycles. The highest BCUT2D eigenvalue weighted by molar-refractivity contribution is 5.08. The summed E-state index contributed by atoms with van der Waals surface area (Å²) in [6, 6.07) is 1.82. The number of rotatable bonds is 3. The maximum atomic E-state index is 9.53.